The van der Waals surface area contributed by atoms with Crippen molar-refractivity contribution in [1.82, 2.24) is 4.90 Å². The lowest BCUT2D eigenvalue weighted by Gasteiger charge is -2.37. The lowest BCUT2D eigenvalue weighted by atomic mass is 9.71. The SMILES string of the molecule is CCOC(=O)[C@H]1[C@@H]2SC3(CC2Br)C(C(=O)Nc2ccccc2Cl)N([C@@H](CO)CC(C)C)C(=O)[C@H]13. The quantitative estimate of drug-likeness (QED) is 0.364. The van der Waals surface area contributed by atoms with Gasteiger partial charge in [0.1, 0.15) is 6.04 Å². The van der Waals surface area contributed by atoms with Gasteiger partial charge in [-0.15, -0.1) is 11.8 Å². The minimum absolute atomic E-state index is 0.0378. The zero-order chi connectivity index (χ0) is 24.8. The summed E-state index contributed by atoms with van der Waals surface area (Å²) >= 11 is 11.6. The number of aliphatic hydroxyl groups excluding tert-OH is 1. The second kappa shape index (κ2) is 9.99. The smallest absolute Gasteiger partial charge is 0.310 e. The molecule has 2 N–H and O–H groups in total. The second-order valence-electron chi connectivity index (χ2n) is 9.60. The maximum absolute atomic E-state index is 14.0. The first-order valence-corrected chi connectivity index (χ1v) is 13.8. The zero-order valence-electron chi connectivity index (χ0n) is 19.4. The number of nitrogens with one attached hydrogen (secondary N) is 1. The number of ether oxygens (including phenoxy) is 1. The predicted octanol–water partition coefficient (Wildman–Crippen LogP) is 3.71. The van der Waals surface area contributed by atoms with Crippen LogP contribution in [0.2, 0.25) is 5.02 Å². The summed E-state index contributed by atoms with van der Waals surface area (Å²) in [6, 6.07) is 5.55. The number of amides is 2. The number of fused-ring (bicyclic) bond motifs is 1. The van der Waals surface area contributed by atoms with E-state index in [0.29, 0.717) is 23.6 Å². The van der Waals surface area contributed by atoms with Gasteiger partial charge in [-0.05, 0) is 37.8 Å². The number of benzene rings is 1. The van der Waals surface area contributed by atoms with Crippen LogP contribution in [-0.2, 0) is 19.1 Å². The van der Waals surface area contributed by atoms with Crippen molar-refractivity contribution in [3.05, 3.63) is 29.3 Å². The number of likely N-dealkylation sites (tertiary alicyclic amines) is 1. The van der Waals surface area contributed by atoms with E-state index < -0.39 is 34.6 Å². The molecule has 3 aliphatic heterocycles. The Morgan fingerprint density at radius 2 is 2.09 bits per heavy atom. The van der Waals surface area contributed by atoms with E-state index in [1.165, 1.54) is 11.8 Å². The minimum Gasteiger partial charge on any atom is -0.466 e. The van der Waals surface area contributed by atoms with Gasteiger partial charge in [0, 0.05) is 10.1 Å². The van der Waals surface area contributed by atoms with E-state index in [0.717, 1.165) is 0 Å². The van der Waals surface area contributed by atoms with E-state index in [1.54, 1.807) is 36.1 Å². The molecule has 3 aliphatic rings. The molecule has 3 unspecified atom stereocenters. The topological polar surface area (TPSA) is 95.9 Å². The molecule has 0 aliphatic carbocycles. The first kappa shape index (κ1) is 25.8. The molecule has 3 saturated heterocycles. The Balaban J connectivity index is 1.78. The van der Waals surface area contributed by atoms with Crippen molar-refractivity contribution in [3.8, 4) is 0 Å². The lowest BCUT2D eigenvalue weighted by Crippen LogP contribution is -2.55. The van der Waals surface area contributed by atoms with Crippen LogP contribution in [-0.4, -0.2) is 67.9 Å². The van der Waals surface area contributed by atoms with Crippen LogP contribution in [0.4, 0.5) is 5.69 Å². The highest BCUT2D eigenvalue weighted by molar-refractivity contribution is 9.09. The van der Waals surface area contributed by atoms with Gasteiger partial charge in [0.05, 0.1) is 46.5 Å². The summed E-state index contributed by atoms with van der Waals surface area (Å²) in [6.45, 7) is 5.72. The van der Waals surface area contributed by atoms with Gasteiger partial charge in [-0.1, -0.05) is 53.5 Å². The van der Waals surface area contributed by atoms with Crippen LogP contribution >= 0.6 is 39.3 Å². The van der Waals surface area contributed by atoms with Gasteiger partial charge >= 0.3 is 5.97 Å². The highest BCUT2D eigenvalue weighted by Gasteiger charge is 2.76. The summed E-state index contributed by atoms with van der Waals surface area (Å²) in [7, 11) is 0. The summed E-state index contributed by atoms with van der Waals surface area (Å²) in [5.74, 6) is -2.15. The van der Waals surface area contributed by atoms with E-state index in [9.17, 15) is 19.5 Å². The number of nitrogens with zero attached hydrogens (tertiary/aromatic N) is 1. The fourth-order valence-electron chi connectivity index (χ4n) is 5.85. The van der Waals surface area contributed by atoms with Crippen molar-refractivity contribution in [2.45, 2.75) is 60.5 Å². The van der Waals surface area contributed by atoms with Gasteiger partial charge in [0.2, 0.25) is 11.8 Å². The Hall–Kier alpha value is -1.29. The third-order valence-electron chi connectivity index (χ3n) is 7.01. The van der Waals surface area contributed by atoms with Crippen LogP contribution in [0.25, 0.3) is 0 Å². The normalized spacial score (nSPS) is 32.7. The number of hydrogen-bond acceptors (Lipinski definition) is 6. The zero-order valence-corrected chi connectivity index (χ0v) is 22.5. The van der Waals surface area contributed by atoms with Gasteiger partial charge in [-0.2, -0.15) is 0 Å². The third-order valence-corrected chi connectivity index (χ3v) is 10.6. The monoisotopic (exact) mass is 572 g/mol. The fourth-order valence-corrected chi connectivity index (χ4v) is 9.62. The van der Waals surface area contributed by atoms with E-state index in [-0.39, 0.29) is 41.0 Å². The molecule has 0 aromatic heterocycles. The molecule has 4 rings (SSSR count). The Kier molecular flexibility index (Phi) is 7.58. The van der Waals surface area contributed by atoms with Gasteiger partial charge in [-0.25, -0.2) is 0 Å². The number of halogens is 2. The van der Waals surface area contributed by atoms with Crippen LogP contribution in [0.1, 0.15) is 33.6 Å². The lowest BCUT2D eigenvalue weighted by molar-refractivity contribution is -0.154. The molecule has 1 spiro atoms. The maximum atomic E-state index is 14.0. The van der Waals surface area contributed by atoms with Crippen molar-refractivity contribution in [1.29, 1.82) is 0 Å². The molecule has 34 heavy (non-hydrogen) atoms. The molecule has 1 aromatic rings. The number of para-hydroxylation sites is 1. The van der Waals surface area contributed by atoms with Crippen LogP contribution in [0.5, 0.6) is 0 Å². The van der Waals surface area contributed by atoms with Crippen LogP contribution < -0.4 is 5.32 Å². The number of hydrogen-bond donors (Lipinski definition) is 2. The minimum atomic E-state index is -0.855. The molecule has 0 saturated carbocycles. The van der Waals surface area contributed by atoms with E-state index in [4.69, 9.17) is 16.3 Å². The molecule has 3 fully saturated rings. The van der Waals surface area contributed by atoms with Gasteiger partial charge in [0.15, 0.2) is 0 Å². The Labute approximate surface area is 217 Å². The first-order chi connectivity index (χ1) is 16.2. The van der Waals surface area contributed by atoms with E-state index in [1.807, 2.05) is 13.8 Å². The largest absolute Gasteiger partial charge is 0.466 e. The highest BCUT2D eigenvalue weighted by atomic mass is 79.9. The summed E-state index contributed by atoms with van der Waals surface area (Å²) in [5.41, 5.74) is 0.459. The average Bonchev–Trinajstić information content (AvgIpc) is 3.37. The van der Waals surface area contributed by atoms with Crippen molar-refractivity contribution < 1.29 is 24.2 Å². The van der Waals surface area contributed by atoms with Gasteiger partial charge < -0.3 is 20.1 Å². The molecule has 7 nitrogen and oxygen atoms in total. The highest BCUT2D eigenvalue weighted by Crippen LogP contribution is 2.68. The number of carbonyl (C=O) groups is 3. The predicted molar refractivity (Wildman–Crippen MR) is 136 cm³/mol. The first-order valence-electron chi connectivity index (χ1n) is 11.6. The summed E-state index contributed by atoms with van der Waals surface area (Å²) in [5, 5.41) is 13.4. The molecule has 2 bridgehead atoms. The molecule has 10 heteroatoms. The molecular weight excluding hydrogens is 544 g/mol. The Morgan fingerprint density at radius 3 is 2.71 bits per heavy atom. The van der Waals surface area contributed by atoms with Crippen molar-refractivity contribution in [2.24, 2.45) is 17.8 Å². The number of rotatable bonds is 8. The Morgan fingerprint density at radius 1 is 1.38 bits per heavy atom. The van der Waals surface area contributed by atoms with E-state index in [2.05, 4.69) is 21.2 Å². The van der Waals surface area contributed by atoms with E-state index >= 15 is 0 Å². The molecule has 2 amide bonds. The van der Waals surface area contributed by atoms with Crippen LogP contribution in [0.3, 0.4) is 0 Å². The third kappa shape index (κ3) is 4.16. The number of alkyl halides is 1. The number of carbonyl (C=O) groups excluding carboxylic acids is 3. The van der Waals surface area contributed by atoms with Crippen LogP contribution in [0.15, 0.2) is 24.3 Å². The number of esters is 1. The molecule has 3 heterocycles. The van der Waals surface area contributed by atoms with Crippen molar-refractivity contribution in [3.63, 3.8) is 0 Å². The molecule has 0 radical (unpaired) electrons. The molecule has 186 valence electrons. The van der Waals surface area contributed by atoms with Crippen molar-refractivity contribution >= 4 is 62.8 Å². The average molecular weight is 574 g/mol. The second-order valence-corrected chi connectivity index (χ2v) is 12.7. The number of anilines is 1. The van der Waals surface area contributed by atoms with Crippen molar-refractivity contribution in [2.75, 3.05) is 18.5 Å². The Bertz CT molecular complexity index is 980. The molecular formula is C24H30BrClN2O5S. The van der Waals surface area contributed by atoms with Gasteiger partial charge in [0.25, 0.3) is 0 Å². The molecule has 1 aromatic carbocycles. The maximum Gasteiger partial charge on any atom is 0.310 e. The standard InChI is InChI=1S/C24H30BrClN2O5S/c1-4-33-23(32)17-18-22(31)28(13(11-29)9-12(2)3)20(24(18)10-14(25)19(17)34-24)21(30)27-16-8-6-5-7-15(16)26/h5-8,12-14,17-20,29H,4,9-11H2,1-3H3,(H,27,30)/t13-,14?,17-,18+,19-,20?,24?/m1/s1. The summed E-state index contributed by atoms with van der Waals surface area (Å²) in [4.78, 5) is 42.4. The van der Waals surface area contributed by atoms with Gasteiger partial charge in [-0.3, -0.25) is 14.4 Å². The number of aliphatic hydroxyl groups is 1. The summed E-state index contributed by atoms with van der Waals surface area (Å²) in [6.07, 6.45) is 1.10. The fraction of sp³-hybridized carbons (Fsp3) is 0.625. The number of thioether (sulfide) groups is 1. The molecule has 7 atom stereocenters. The summed E-state index contributed by atoms with van der Waals surface area (Å²) < 4.78 is 4.56. The van der Waals surface area contributed by atoms with Crippen LogP contribution in [0, 0.1) is 17.8 Å².